The predicted molar refractivity (Wildman–Crippen MR) is 109 cm³/mol. The lowest BCUT2D eigenvalue weighted by Gasteiger charge is -2.11. The summed E-state index contributed by atoms with van der Waals surface area (Å²) in [4.78, 5) is 0. The highest BCUT2D eigenvalue weighted by Crippen LogP contribution is 2.35. The molecule has 0 radical (unpaired) electrons. The van der Waals surface area contributed by atoms with Crippen LogP contribution in [0.25, 0.3) is 12.2 Å². The Labute approximate surface area is 164 Å². The Morgan fingerprint density at radius 1 is 0.786 bits per heavy atom. The van der Waals surface area contributed by atoms with Gasteiger partial charge in [0.25, 0.3) is 0 Å². The van der Waals surface area contributed by atoms with Crippen molar-refractivity contribution < 1.29 is 24.4 Å². The first kappa shape index (κ1) is 19.2. The van der Waals surface area contributed by atoms with E-state index in [-0.39, 0.29) is 17.2 Å². The molecule has 0 atom stereocenters. The standard InChI is InChI=1S/C23H22O5/c1-26-21-12-16(8-10-18-13-19(24)14-22(27-2)23(18)25)9-11-20(21)28-15-17-6-4-3-5-7-17/h3-14,24-25H,15H2,1-2H3/b10-8+. The van der Waals surface area contributed by atoms with E-state index in [1.54, 1.807) is 19.3 Å². The maximum absolute atomic E-state index is 10.2. The minimum Gasteiger partial charge on any atom is -0.508 e. The molecule has 5 nitrogen and oxygen atoms in total. The third-order valence-electron chi connectivity index (χ3n) is 4.19. The van der Waals surface area contributed by atoms with Crippen LogP contribution in [0.4, 0.5) is 0 Å². The van der Waals surface area contributed by atoms with E-state index in [0.717, 1.165) is 11.1 Å². The Balaban J connectivity index is 1.78. The highest BCUT2D eigenvalue weighted by Gasteiger charge is 2.09. The highest BCUT2D eigenvalue weighted by atomic mass is 16.5. The molecular weight excluding hydrogens is 356 g/mol. The topological polar surface area (TPSA) is 68.2 Å². The van der Waals surface area contributed by atoms with Gasteiger partial charge in [0.15, 0.2) is 23.0 Å². The van der Waals surface area contributed by atoms with E-state index in [4.69, 9.17) is 14.2 Å². The van der Waals surface area contributed by atoms with Crippen molar-refractivity contribution >= 4 is 12.2 Å². The van der Waals surface area contributed by atoms with Gasteiger partial charge in [0, 0.05) is 11.6 Å². The average molecular weight is 378 g/mol. The summed E-state index contributed by atoms with van der Waals surface area (Å²) in [5, 5.41) is 19.9. The van der Waals surface area contributed by atoms with Crippen LogP contribution in [-0.2, 0) is 6.61 Å². The van der Waals surface area contributed by atoms with Gasteiger partial charge >= 0.3 is 0 Å². The maximum Gasteiger partial charge on any atom is 0.165 e. The lowest BCUT2D eigenvalue weighted by molar-refractivity contribution is 0.284. The molecule has 0 saturated carbocycles. The summed E-state index contributed by atoms with van der Waals surface area (Å²) in [7, 11) is 3.02. The van der Waals surface area contributed by atoms with E-state index < -0.39 is 0 Å². The zero-order valence-corrected chi connectivity index (χ0v) is 15.8. The van der Waals surface area contributed by atoms with Crippen molar-refractivity contribution in [3.8, 4) is 28.7 Å². The zero-order chi connectivity index (χ0) is 19.9. The van der Waals surface area contributed by atoms with Gasteiger partial charge in [0.1, 0.15) is 12.4 Å². The Hall–Kier alpha value is -3.60. The van der Waals surface area contributed by atoms with Gasteiger partial charge in [0.05, 0.1) is 14.2 Å². The molecule has 0 unspecified atom stereocenters. The van der Waals surface area contributed by atoms with Crippen molar-refractivity contribution in [3.05, 3.63) is 77.4 Å². The van der Waals surface area contributed by atoms with Crippen molar-refractivity contribution in [3.63, 3.8) is 0 Å². The summed E-state index contributed by atoms with van der Waals surface area (Å²) in [6.45, 7) is 0.448. The van der Waals surface area contributed by atoms with Gasteiger partial charge < -0.3 is 24.4 Å². The minimum atomic E-state index is -0.0358. The van der Waals surface area contributed by atoms with E-state index in [9.17, 15) is 10.2 Å². The van der Waals surface area contributed by atoms with Crippen LogP contribution >= 0.6 is 0 Å². The van der Waals surface area contributed by atoms with E-state index in [1.807, 2.05) is 48.5 Å². The monoisotopic (exact) mass is 378 g/mol. The first-order chi connectivity index (χ1) is 13.6. The lowest BCUT2D eigenvalue weighted by atomic mass is 10.1. The van der Waals surface area contributed by atoms with Crippen LogP contribution < -0.4 is 14.2 Å². The normalized spacial score (nSPS) is 10.8. The van der Waals surface area contributed by atoms with Crippen LogP contribution in [-0.4, -0.2) is 24.4 Å². The van der Waals surface area contributed by atoms with Crippen molar-refractivity contribution in [1.29, 1.82) is 0 Å². The largest absolute Gasteiger partial charge is 0.508 e. The molecule has 0 aliphatic heterocycles. The smallest absolute Gasteiger partial charge is 0.165 e. The SMILES string of the molecule is COc1cc(/C=C/c2cc(O)cc(OC)c2O)ccc1OCc1ccccc1. The Morgan fingerprint density at radius 2 is 1.54 bits per heavy atom. The average Bonchev–Trinajstić information content (AvgIpc) is 2.73. The van der Waals surface area contributed by atoms with E-state index in [2.05, 4.69) is 0 Å². The fourth-order valence-corrected chi connectivity index (χ4v) is 2.73. The quantitative estimate of drug-likeness (QED) is 0.454. The van der Waals surface area contributed by atoms with Gasteiger partial charge in [-0.25, -0.2) is 0 Å². The molecule has 0 spiro atoms. The molecule has 2 N–H and O–H groups in total. The summed E-state index contributed by atoms with van der Waals surface area (Å²) in [5.41, 5.74) is 2.37. The Morgan fingerprint density at radius 3 is 2.25 bits per heavy atom. The molecule has 0 fully saturated rings. The summed E-state index contributed by atoms with van der Waals surface area (Å²) in [6, 6.07) is 18.3. The molecule has 0 bridgehead atoms. The first-order valence-electron chi connectivity index (χ1n) is 8.73. The molecule has 3 aromatic rings. The predicted octanol–water partition coefficient (Wildman–Crippen LogP) is 4.86. The van der Waals surface area contributed by atoms with Gasteiger partial charge in [0.2, 0.25) is 0 Å². The van der Waals surface area contributed by atoms with Crippen molar-refractivity contribution in [2.75, 3.05) is 14.2 Å². The van der Waals surface area contributed by atoms with Crippen molar-refractivity contribution in [1.82, 2.24) is 0 Å². The fourth-order valence-electron chi connectivity index (χ4n) is 2.73. The van der Waals surface area contributed by atoms with Crippen LogP contribution in [0, 0.1) is 0 Å². The molecule has 3 rings (SSSR count). The van der Waals surface area contributed by atoms with E-state index in [1.165, 1.54) is 19.2 Å². The number of hydrogen-bond donors (Lipinski definition) is 2. The second-order valence-corrected chi connectivity index (χ2v) is 6.10. The summed E-state index contributed by atoms with van der Waals surface area (Å²) in [6.07, 6.45) is 3.49. The van der Waals surface area contributed by atoms with Gasteiger partial charge in [-0.3, -0.25) is 0 Å². The van der Waals surface area contributed by atoms with Crippen LogP contribution in [0.3, 0.4) is 0 Å². The molecular formula is C23H22O5. The van der Waals surface area contributed by atoms with E-state index >= 15 is 0 Å². The van der Waals surface area contributed by atoms with Crippen LogP contribution in [0.1, 0.15) is 16.7 Å². The van der Waals surface area contributed by atoms with Crippen LogP contribution in [0.15, 0.2) is 60.7 Å². The van der Waals surface area contributed by atoms with Crippen molar-refractivity contribution in [2.24, 2.45) is 0 Å². The number of rotatable bonds is 7. The molecule has 0 aromatic heterocycles. The van der Waals surface area contributed by atoms with Gasteiger partial charge in [-0.1, -0.05) is 48.6 Å². The van der Waals surface area contributed by atoms with Gasteiger partial charge in [-0.05, 0) is 29.3 Å². The summed E-state index contributed by atoms with van der Waals surface area (Å²) < 4.78 is 16.3. The second kappa shape index (κ2) is 8.86. The Kier molecular flexibility index (Phi) is 6.07. The van der Waals surface area contributed by atoms with E-state index in [0.29, 0.717) is 23.7 Å². The third kappa shape index (κ3) is 4.57. The number of hydrogen-bond acceptors (Lipinski definition) is 5. The summed E-state index contributed by atoms with van der Waals surface area (Å²) >= 11 is 0. The molecule has 0 saturated heterocycles. The lowest BCUT2D eigenvalue weighted by Crippen LogP contribution is -1.97. The van der Waals surface area contributed by atoms with Crippen molar-refractivity contribution in [2.45, 2.75) is 6.61 Å². The molecule has 0 amide bonds. The van der Waals surface area contributed by atoms with Crippen LogP contribution in [0.5, 0.6) is 28.7 Å². The van der Waals surface area contributed by atoms with Gasteiger partial charge in [-0.15, -0.1) is 0 Å². The third-order valence-corrected chi connectivity index (χ3v) is 4.19. The number of methoxy groups -OCH3 is 2. The summed E-state index contributed by atoms with van der Waals surface area (Å²) in [5.74, 6) is 1.44. The molecule has 0 heterocycles. The minimum absolute atomic E-state index is 0.0107. The Bertz CT molecular complexity index is 964. The number of ether oxygens (including phenoxy) is 3. The zero-order valence-electron chi connectivity index (χ0n) is 15.8. The molecule has 0 aliphatic rings. The highest BCUT2D eigenvalue weighted by molar-refractivity contribution is 5.75. The first-order valence-corrected chi connectivity index (χ1v) is 8.73. The molecule has 3 aromatic carbocycles. The number of benzene rings is 3. The second-order valence-electron chi connectivity index (χ2n) is 6.10. The number of phenolic OH excluding ortho intramolecular Hbond substituents is 2. The maximum atomic E-state index is 10.2. The van der Waals surface area contributed by atoms with Gasteiger partial charge in [-0.2, -0.15) is 0 Å². The number of phenols is 2. The molecule has 144 valence electrons. The molecule has 0 aliphatic carbocycles. The van der Waals surface area contributed by atoms with Crippen LogP contribution in [0.2, 0.25) is 0 Å². The molecule has 28 heavy (non-hydrogen) atoms. The fraction of sp³-hybridized carbons (Fsp3) is 0.130. The molecule has 5 heteroatoms. The number of aromatic hydroxyl groups is 2.